The van der Waals surface area contributed by atoms with Crippen LogP contribution in [-0.4, -0.2) is 23.7 Å². The Balaban J connectivity index is 1.87. The summed E-state index contributed by atoms with van der Waals surface area (Å²) in [6.07, 6.45) is 2.89. The molecular formula is C13H13N3O4S. The molecule has 7 nitrogen and oxygen atoms in total. The standard InChI is InChI=1S/C13H13N3O4S/c1-2-3-11(17)14-13(21)16-15-12(18)8-4-5-9-10(6-8)20-7-19-9/h2-6H,7H2,1H3,(H,15,18)(H2,14,16,17,21)/b3-2+. The van der Waals surface area contributed by atoms with Crippen LogP contribution in [-0.2, 0) is 4.79 Å². The molecule has 0 bridgehead atoms. The van der Waals surface area contributed by atoms with Crippen LogP contribution in [0.25, 0.3) is 0 Å². The van der Waals surface area contributed by atoms with E-state index in [1.165, 1.54) is 6.08 Å². The zero-order valence-corrected chi connectivity index (χ0v) is 12.0. The van der Waals surface area contributed by atoms with Crippen molar-refractivity contribution in [1.29, 1.82) is 0 Å². The van der Waals surface area contributed by atoms with Gasteiger partial charge in [-0.1, -0.05) is 6.08 Å². The van der Waals surface area contributed by atoms with E-state index < -0.39 is 5.91 Å². The fourth-order valence-electron chi connectivity index (χ4n) is 1.56. The van der Waals surface area contributed by atoms with Crippen LogP contribution in [0.15, 0.2) is 30.4 Å². The maximum atomic E-state index is 11.9. The third kappa shape index (κ3) is 3.93. The van der Waals surface area contributed by atoms with E-state index in [9.17, 15) is 9.59 Å². The number of hydrogen-bond acceptors (Lipinski definition) is 5. The van der Waals surface area contributed by atoms with Gasteiger partial charge >= 0.3 is 0 Å². The summed E-state index contributed by atoms with van der Waals surface area (Å²) in [5.41, 5.74) is 5.17. The Morgan fingerprint density at radius 3 is 2.76 bits per heavy atom. The van der Waals surface area contributed by atoms with Gasteiger partial charge in [0.15, 0.2) is 16.6 Å². The van der Waals surface area contributed by atoms with E-state index in [2.05, 4.69) is 16.2 Å². The van der Waals surface area contributed by atoms with Crippen LogP contribution in [0.4, 0.5) is 0 Å². The number of hydrogen-bond donors (Lipinski definition) is 3. The number of ether oxygens (including phenoxy) is 2. The summed E-state index contributed by atoms with van der Waals surface area (Å²) in [4.78, 5) is 23.1. The molecule has 1 aliphatic heterocycles. The molecule has 3 N–H and O–H groups in total. The maximum absolute atomic E-state index is 11.9. The van der Waals surface area contributed by atoms with Crippen molar-refractivity contribution < 1.29 is 19.1 Å². The van der Waals surface area contributed by atoms with Crippen molar-refractivity contribution in [3.8, 4) is 11.5 Å². The van der Waals surface area contributed by atoms with Crippen molar-refractivity contribution in [2.75, 3.05) is 6.79 Å². The molecule has 0 radical (unpaired) electrons. The molecule has 110 valence electrons. The lowest BCUT2D eigenvalue weighted by molar-refractivity contribution is -0.115. The molecule has 21 heavy (non-hydrogen) atoms. The Labute approximate surface area is 126 Å². The van der Waals surface area contributed by atoms with Crippen molar-refractivity contribution in [2.24, 2.45) is 0 Å². The average Bonchev–Trinajstić information content (AvgIpc) is 2.92. The third-order valence-electron chi connectivity index (χ3n) is 2.48. The number of carbonyl (C=O) groups is 2. The summed E-state index contributed by atoms with van der Waals surface area (Å²) in [5.74, 6) is 0.295. The van der Waals surface area contributed by atoms with Crippen LogP contribution in [0.2, 0.25) is 0 Å². The first-order valence-corrected chi connectivity index (χ1v) is 6.44. The first kappa shape index (κ1) is 14.8. The Bertz CT molecular complexity index is 615. The van der Waals surface area contributed by atoms with Gasteiger partial charge < -0.3 is 9.47 Å². The molecule has 1 heterocycles. The molecule has 1 aliphatic rings. The zero-order chi connectivity index (χ0) is 15.2. The zero-order valence-electron chi connectivity index (χ0n) is 11.1. The number of rotatable bonds is 2. The Morgan fingerprint density at radius 2 is 2.00 bits per heavy atom. The van der Waals surface area contributed by atoms with Crippen molar-refractivity contribution in [3.63, 3.8) is 0 Å². The van der Waals surface area contributed by atoms with Crippen molar-refractivity contribution >= 4 is 29.1 Å². The van der Waals surface area contributed by atoms with Crippen molar-refractivity contribution in [2.45, 2.75) is 6.92 Å². The molecule has 0 saturated carbocycles. The number of allylic oxidation sites excluding steroid dienone is 1. The maximum Gasteiger partial charge on any atom is 0.269 e. The Morgan fingerprint density at radius 1 is 1.24 bits per heavy atom. The van der Waals surface area contributed by atoms with Crippen LogP contribution in [0.5, 0.6) is 11.5 Å². The highest BCUT2D eigenvalue weighted by Gasteiger charge is 2.16. The van der Waals surface area contributed by atoms with Crippen molar-refractivity contribution in [1.82, 2.24) is 16.2 Å². The highest BCUT2D eigenvalue weighted by Crippen LogP contribution is 2.32. The SMILES string of the molecule is C/C=C/C(=O)NC(=S)NNC(=O)c1ccc2c(c1)OCO2. The molecule has 1 aromatic rings. The molecule has 0 aliphatic carbocycles. The summed E-state index contributed by atoms with van der Waals surface area (Å²) in [6, 6.07) is 4.79. The van der Waals surface area contributed by atoms with Gasteiger partial charge in [-0.3, -0.25) is 25.8 Å². The quantitative estimate of drug-likeness (QED) is 0.422. The lowest BCUT2D eigenvalue weighted by Gasteiger charge is -2.09. The largest absolute Gasteiger partial charge is 0.454 e. The summed E-state index contributed by atoms with van der Waals surface area (Å²) >= 11 is 4.86. The molecule has 0 unspecified atom stereocenters. The van der Waals surface area contributed by atoms with Gasteiger partial charge in [-0.15, -0.1) is 0 Å². The second kappa shape index (κ2) is 6.71. The lowest BCUT2D eigenvalue weighted by atomic mass is 10.2. The second-order valence-corrected chi connectivity index (χ2v) is 4.37. The van der Waals surface area contributed by atoms with E-state index in [4.69, 9.17) is 21.7 Å². The molecule has 2 rings (SSSR count). The Kier molecular flexibility index (Phi) is 4.72. The molecule has 1 aromatic carbocycles. The summed E-state index contributed by atoms with van der Waals surface area (Å²) in [6.45, 7) is 1.84. The number of fused-ring (bicyclic) bond motifs is 1. The van der Waals surface area contributed by atoms with Gasteiger partial charge in [0.1, 0.15) is 0 Å². The van der Waals surface area contributed by atoms with Gasteiger partial charge in [-0.05, 0) is 43.4 Å². The van der Waals surface area contributed by atoms with Crippen molar-refractivity contribution in [3.05, 3.63) is 35.9 Å². The number of amides is 2. The molecule has 8 heteroatoms. The fraction of sp³-hybridized carbons (Fsp3) is 0.154. The van der Waals surface area contributed by atoms with Gasteiger partial charge in [-0.25, -0.2) is 0 Å². The number of hydrazine groups is 1. The summed E-state index contributed by atoms with van der Waals surface area (Å²) in [7, 11) is 0. The van der Waals surface area contributed by atoms with Gasteiger partial charge in [0.05, 0.1) is 0 Å². The van der Waals surface area contributed by atoms with E-state index >= 15 is 0 Å². The average molecular weight is 307 g/mol. The molecular weight excluding hydrogens is 294 g/mol. The van der Waals surface area contributed by atoms with Crippen LogP contribution in [0, 0.1) is 0 Å². The molecule has 2 amide bonds. The predicted octanol–water partition coefficient (Wildman–Crippen LogP) is 0.627. The molecule has 0 atom stereocenters. The van der Waals surface area contributed by atoms with Crippen LogP contribution in [0.3, 0.4) is 0 Å². The minimum absolute atomic E-state index is 0.00723. The highest BCUT2D eigenvalue weighted by molar-refractivity contribution is 7.80. The Hall–Kier alpha value is -2.61. The van der Waals surface area contributed by atoms with E-state index in [-0.39, 0.29) is 17.8 Å². The smallest absolute Gasteiger partial charge is 0.269 e. The van der Waals surface area contributed by atoms with Crippen LogP contribution >= 0.6 is 12.2 Å². The second-order valence-electron chi connectivity index (χ2n) is 3.97. The van der Waals surface area contributed by atoms with Gasteiger partial charge in [0.2, 0.25) is 12.7 Å². The first-order valence-electron chi connectivity index (χ1n) is 6.04. The summed E-state index contributed by atoms with van der Waals surface area (Å²) in [5, 5.41) is 2.36. The lowest BCUT2D eigenvalue weighted by Crippen LogP contribution is -2.48. The predicted molar refractivity (Wildman–Crippen MR) is 78.7 cm³/mol. The van der Waals surface area contributed by atoms with E-state index in [0.29, 0.717) is 17.1 Å². The van der Waals surface area contributed by atoms with Crippen LogP contribution < -0.4 is 25.6 Å². The van der Waals surface area contributed by atoms with E-state index in [1.807, 2.05) is 0 Å². The molecule has 0 saturated heterocycles. The molecule has 0 spiro atoms. The van der Waals surface area contributed by atoms with Gasteiger partial charge in [-0.2, -0.15) is 0 Å². The van der Waals surface area contributed by atoms with Gasteiger partial charge in [0.25, 0.3) is 5.91 Å². The topological polar surface area (TPSA) is 88.7 Å². The monoisotopic (exact) mass is 307 g/mol. The molecule has 0 aromatic heterocycles. The van der Waals surface area contributed by atoms with E-state index in [0.717, 1.165) is 0 Å². The number of benzene rings is 1. The third-order valence-corrected chi connectivity index (χ3v) is 2.68. The van der Waals surface area contributed by atoms with Crippen LogP contribution in [0.1, 0.15) is 17.3 Å². The number of nitrogens with one attached hydrogen (secondary N) is 3. The normalized spacial score (nSPS) is 12.0. The summed E-state index contributed by atoms with van der Waals surface area (Å²) < 4.78 is 10.3. The first-order chi connectivity index (χ1) is 10.1. The minimum Gasteiger partial charge on any atom is -0.454 e. The minimum atomic E-state index is -0.420. The highest BCUT2D eigenvalue weighted by atomic mass is 32.1. The number of thiocarbonyl (C=S) groups is 1. The van der Waals surface area contributed by atoms with E-state index in [1.54, 1.807) is 31.2 Å². The molecule has 0 fully saturated rings. The number of carbonyl (C=O) groups excluding carboxylic acids is 2. The van der Waals surface area contributed by atoms with Gasteiger partial charge in [0, 0.05) is 5.56 Å². The fourth-order valence-corrected chi connectivity index (χ4v) is 1.71.